The molecule has 4 rings (SSSR count). The van der Waals surface area contributed by atoms with Crippen LogP contribution in [0.3, 0.4) is 0 Å². The van der Waals surface area contributed by atoms with Crippen molar-refractivity contribution >= 4 is 0 Å². The van der Waals surface area contributed by atoms with Crippen molar-refractivity contribution in [2.75, 3.05) is 0 Å². The van der Waals surface area contributed by atoms with E-state index < -0.39 is 0 Å². The molecule has 0 heterocycles. The minimum absolute atomic E-state index is 0. The van der Waals surface area contributed by atoms with Crippen LogP contribution < -0.4 is 24.8 Å². The zero-order valence-corrected chi connectivity index (χ0v) is 19.6. The molecule has 0 nitrogen and oxygen atoms in total. The van der Waals surface area contributed by atoms with E-state index in [-0.39, 0.29) is 51.0 Å². The van der Waals surface area contributed by atoms with E-state index in [1.165, 1.54) is 0 Å². The van der Waals surface area contributed by atoms with Gasteiger partial charge in [-0.05, 0) is 11.8 Å². The molecule has 0 spiro atoms. The van der Waals surface area contributed by atoms with Crippen LogP contribution in [0.25, 0.3) is 0 Å². The fourth-order valence-electron chi connectivity index (χ4n) is 4.47. The van der Waals surface area contributed by atoms with Gasteiger partial charge in [0.2, 0.25) is 0 Å². The molecule has 0 N–H and O–H groups in total. The molecule has 0 aromatic rings. The van der Waals surface area contributed by atoms with Crippen LogP contribution in [0.2, 0.25) is 0 Å². The van der Waals surface area contributed by atoms with Gasteiger partial charge < -0.3 is 37.7 Å². The summed E-state index contributed by atoms with van der Waals surface area (Å²) in [6.07, 6.45) is 23.0. The third-order valence-corrected chi connectivity index (χ3v) is 6.37. The Morgan fingerprint density at radius 1 is 0.560 bits per heavy atom. The molecule has 3 heteroatoms. The first-order valence-electron chi connectivity index (χ1n) is 8.98. The van der Waals surface area contributed by atoms with Crippen molar-refractivity contribution in [2.45, 2.75) is 27.7 Å². The first-order valence-corrected chi connectivity index (χ1v) is 8.98. The third kappa shape index (κ3) is 5.70. The van der Waals surface area contributed by atoms with Crippen LogP contribution in [0.4, 0.5) is 0 Å². The Bertz CT molecular complexity index is 462. The first-order chi connectivity index (χ1) is 10.6. The number of allylic oxidation sites excluding steroid dienone is 8. The van der Waals surface area contributed by atoms with E-state index in [0.717, 1.165) is 47.3 Å². The summed E-state index contributed by atoms with van der Waals surface area (Å²) >= 11 is 0. The van der Waals surface area contributed by atoms with Gasteiger partial charge in [0.15, 0.2) is 0 Å². The molecule has 0 bridgehead atoms. The number of hydrogen-bond acceptors (Lipinski definition) is 0. The Hall–Kier alpha value is 0.423. The van der Waals surface area contributed by atoms with Gasteiger partial charge >= 0.3 is 26.2 Å². The minimum Gasteiger partial charge on any atom is -1.00 e. The zero-order chi connectivity index (χ0) is 15.7. The standard InChI is InChI=1S/2C11H15.2ClH.Zr/c2*1-8-7-10-5-3-4-6-11(10)9(8)2;;;/h2*3-11H,1-2H3;2*1H;/q2*-1;;;+4/p-2. The summed E-state index contributed by atoms with van der Waals surface area (Å²) in [4.78, 5) is 0. The van der Waals surface area contributed by atoms with Gasteiger partial charge in [0.1, 0.15) is 0 Å². The molecule has 4 aliphatic carbocycles. The van der Waals surface area contributed by atoms with Crippen LogP contribution in [0.1, 0.15) is 27.7 Å². The Kier molecular flexibility index (Phi) is 11.5. The molecular formula is C22H30Cl2Zr. The zero-order valence-electron chi connectivity index (χ0n) is 15.6. The summed E-state index contributed by atoms with van der Waals surface area (Å²) in [5.74, 6) is 6.28. The molecular weight excluding hydrogens is 426 g/mol. The predicted molar refractivity (Wildman–Crippen MR) is 95.8 cm³/mol. The molecule has 0 saturated heterocycles. The molecule has 8 atom stereocenters. The molecule has 2 fully saturated rings. The van der Waals surface area contributed by atoms with E-state index in [0.29, 0.717) is 0 Å². The number of fused-ring (bicyclic) bond motifs is 2. The second kappa shape index (κ2) is 11.3. The van der Waals surface area contributed by atoms with E-state index in [1.54, 1.807) is 0 Å². The van der Waals surface area contributed by atoms with Crippen LogP contribution in [-0.4, -0.2) is 0 Å². The number of rotatable bonds is 0. The van der Waals surface area contributed by atoms with Gasteiger partial charge in [0.05, 0.1) is 0 Å². The predicted octanol–water partition coefficient (Wildman–Crippen LogP) is -0.325. The van der Waals surface area contributed by atoms with Crippen molar-refractivity contribution in [3.05, 3.63) is 61.4 Å². The largest absolute Gasteiger partial charge is 4.00 e. The average molecular weight is 457 g/mol. The summed E-state index contributed by atoms with van der Waals surface area (Å²) in [6, 6.07) is 0. The van der Waals surface area contributed by atoms with Crippen LogP contribution in [0.15, 0.2) is 48.6 Å². The number of hydrogen-bond donors (Lipinski definition) is 0. The molecule has 0 aromatic heterocycles. The first kappa shape index (κ1) is 25.4. The minimum atomic E-state index is 0. The van der Waals surface area contributed by atoms with Gasteiger partial charge in [0, 0.05) is 0 Å². The van der Waals surface area contributed by atoms with Gasteiger partial charge in [-0.3, -0.25) is 0 Å². The normalized spacial score (nSPS) is 42.1. The van der Waals surface area contributed by atoms with Crippen molar-refractivity contribution in [1.82, 2.24) is 0 Å². The molecule has 2 saturated carbocycles. The monoisotopic (exact) mass is 454 g/mol. The third-order valence-electron chi connectivity index (χ3n) is 6.37. The van der Waals surface area contributed by atoms with E-state index in [4.69, 9.17) is 0 Å². The fourth-order valence-corrected chi connectivity index (χ4v) is 4.47. The fraction of sp³-hybridized carbons (Fsp3) is 0.545. The maximum Gasteiger partial charge on any atom is 4.00 e. The summed E-state index contributed by atoms with van der Waals surface area (Å²) in [5.41, 5.74) is 0. The van der Waals surface area contributed by atoms with Crippen LogP contribution in [0.5, 0.6) is 0 Å². The second-order valence-corrected chi connectivity index (χ2v) is 7.67. The SMILES string of the molecule is CC1[CH-]C2C=CC=CC2C1C.CC1[CH-]C2C=CC=CC2C1C.[Cl-].[Cl-].[Zr+4]. The molecule has 25 heavy (non-hydrogen) atoms. The smallest absolute Gasteiger partial charge is 1.00 e. The maximum atomic E-state index is 2.48. The topological polar surface area (TPSA) is 0 Å². The van der Waals surface area contributed by atoms with E-state index in [9.17, 15) is 0 Å². The maximum absolute atomic E-state index is 2.48. The van der Waals surface area contributed by atoms with Gasteiger partial charge in [-0.1, -0.05) is 76.0 Å². The molecule has 136 valence electrons. The van der Waals surface area contributed by atoms with Gasteiger partial charge in [-0.2, -0.15) is 11.8 Å². The van der Waals surface area contributed by atoms with Gasteiger partial charge in [-0.15, -0.1) is 24.0 Å². The summed E-state index contributed by atoms with van der Waals surface area (Å²) in [7, 11) is 0. The van der Waals surface area contributed by atoms with Gasteiger partial charge in [-0.25, -0.2) is 0 Å². The Morgan fingerprint density at radius 3 is 1.20 bits per heavy atom. The molecule has 0 radical (unpaired) electrons. The molecule has 0 aromatic carbocycles. The molecule has 0 amide bonds. The Morgan fingerprint density at radius 2 is 0.880 bits per heavy atom. The summed E-state index contributed by atoms with van der Waals surface area (Å²) in [6.45, 7) is 9.36. The second-order valence-electron chi connectivity index (χ2n) is 7.67. The van der Waals surface area contributed by atoms with E-state index >= 15 is 0 Å². The molecule has 0 aliphatic heterocycles. The Labute approximate surface area is 186 Å². The van der Waals surface area contributed by atoms with Crippen molar-refractivity contribution in [2.24, 2.45) is 47.3 Å². The quantitative estimate of drug-likeness (QED) is 0.439. The van der Waals surface area contributed by atoms with Crippen molar-refractivity contribution in [3.8, 4) is 0 Å². The van der Waals surface area contributed by atoms with Crippen LogP contribution in [-0.2, 0) is 26.2 Å². The van der Waals surface area contributed by atoms with Crippen molar-refractivity contribution in [1.29, 1.82) is 0 Å². The van der Waals surface area contributed by atoms with E-state index in [2.05, 4.69) is 89.1 Å². The van der Waals surface area contributed by atoms with Crippen molar-refractivity contribution < 1.29 is 51.0 Å². The number of halogens is 2. The molecule has 8 unspecified atom stereocenters. The van der Waals surface area contributed by atoms with Crippen LogP contribution in [0, 0.1) is 60.2 Å². The average Bonchev–Trinajstić information content (AvgIpc) is 2.98. The Balaban J connectivity index is 0.000000411. The van der Waals surface area contributed by atoms with Crippen LogP contribution >= 0.6 is 0 Å². The van der Waals surface area contributed by atoms with Gasteiger partial charge in [0.25, 0.3) is 0 Å². The van der Waals surface area contributed by atoms with Crippen molar-refractivity contribution in [3.63, 3.8) is 0 Å². The molecule has 4 aliphatic rings. The van der Waals surface area contributed by atoms with E-state index in [1.807, 2.05) is 0 Å². The summed E-state index contributed by atoms with van der Waals surface area (Å²) < 4.78 is 0. The summed E-state index contributed by atoms with van der Waals surface area (Å²) in [5, 5.41) is 0.